The van der Waals surface area contributed by atoms with Crippen LogP contribution in [0.3, 0.4) is 0 Å². The lowest BCUT2D eigenvalue weighted by atomic mass is 9.78. The normalized spacial score (nSPS) is 33.0. The fourth-order valence-corrected chi connectivity index (χ4v) is 3.60. The maximum Gasteiger partial charge on any atom is 0.243 e. The molecule has 1 aromatic rings. The number of piperidine rings is 1. The van der Waals surface area contributed by atoms with Crippen molar-refractivity contribution in [2.45, 2.75) is 39.3 Å². The van der Waals surface area contributed by atoms with Crippen LogP contribution in [0, 0.1) is 11.8 Å². The Hall–Kier alpha value is -1.62. The molecule has 0 radical (unpaired) electrons. The zero-order valence-corrected chi connectivity index (χ0v) is 13.1. The predicted molar refractivity (Wildman–Crippen MR) is 80.8 cm³/mol. The van der Waals surface area contributed by atoms with Crippen LogP contribution in [0.4, 0.5) is 0 Å². The van der Waals surface area contributed by atoms with Gasteiger partial charge in [0.15, 0.2) is 0 Å². The van der Waals surface area contributed by atoms with Crippen LogP contribution in [0.5, 0.6) is 0 Å². The highest BCUT2D eigenvalue weighted by Gasteiger charge is 2.49. The minimum absolute atomic E-state index is 0.0559. The summed E-state index contributed by atoms with van der Waals surface area (Å²) in [5, 5.41) is 6.36. The highest BCUT2D eigenvalue weighted by molar-refractivity contribution is 5.94. The van der Waals surface area contributed by atoms with Gasteiger partial charge in [0.05, 0.1) is 6.26 Å². The number of furan rings is 1. The summed E-state index contributed by atoms with van der Waals surface area (Å²) in [6, 6.07) is 4.06. The number of hydrogen-bond acceptors (Lipinski definition) is 4. The van der Waals surface area contributed by atoms with Crippen LogP contribution in [-0.2, 0) is 4.79 Å². The van der Waals surface area contributed by atoms with Gasteiger partial charge in [-0.1, -0.05) is 13.8 Å². The number of hydrazone groups is 1. The van der Waals surface area contributed by atoms with Crippen molar-refractivity contribution in [1.29, 1.82) is 0 Å². The molecule has 2 aliphatic heterocycles. The van der Waals surface area contributed by atoms with Gasteiger partial charge >= 0.3 is 0 Å². The summed E-state index contributed by atoms with van der Waals surface area (Å²) in [6.07, 6.45) is 2.13. The van der Waals surface area contributed by atoms with Crippen LogP contribution in [0.1, 0.15) is 39.0 Å². The van der Waals surface area contributed by atoms with Gasteiger partial charge in [0.25, 0.3) is 0 Å². The van der Waals surface area contributed by atoms with Crippen LogP contribution in [0.25, 0.3) is 0 Å². The lowest BCUT2D eigenvalue weighted by molar-refractivity contribution is -0.133. The van der Waals surface area contributed by atoms with Gasteiger partial charge in [0, 0.05) is 36.6 Å². The van der Waals surface area contributed by atoms with Crippen molar-refractivity contribution in [3.63, 3.8) is 0 Å². The summed E-state index contributed by atoms with van der Waals surface area (Å²) in [5.41, 5.74) is 1.14. The Morgan fingerprint density at radius 1 is 1.48 bits per heavy atom. The maximum absolute atomic E-state index is 12.3. The Labute approximate surface area is 125 Å². The lowest BCUT2D eigenvalue weighted by Crippen LogP contribution is -2.51. The van der Waals surface area contributed by atoms with Gasteiger partial charge in [0.2, 0.25) is 5.91 Å². The monoisotopic (exact) mass is 289 g/mol. The van der Waals surface area contributed by atoms with E-state index >= 15 is 0 Å². The van der Waals surface area contributed by atoms with E-state index in [1.807, 2.05) is 19.1 Å². The minimum Gasteiger partial charge on any atom is -0.467 e. The van der Waals surface area contributed by atoms with Gasteiger partial charge in [-0.2, -0.15) is 5.10 Å². The van der Waals surface area contributed by atoms with Crippen LogP contribution in [0.15, 0.2) is 27.9 Å². The fourth-order valence-electron chi connectivity index (χ4n) is 3.60. The fraction of sp³-hybridized carbons (Fsp3) is 0.625. The first-order valence-electron chi connectivity index (χ1n) is 7.68. The molecule has 3 rings (SSSR count). The molecule has 1 saturated heterocycles. The topological polar surface area (TPSA) is 49.1 Å². The summed E-state index contributed by atoms with van der Waals surface area (Å²) in [4.78, 5) is 14.7. The van der Waals surface area contributed by atoms with Gasteiger partial charge in [0.1, 0.15) is 11.8 Å². The van der Waals surface area contributed by atoms with E-state index in [0.29, 0.717) is 18.4 Å². The molecule has 114 valence electrons. The third kappa shape index (κ3) is 2.20. The molecule has 5 nitrogen and oxygen atoms in total. The summed E-state index contributed by atoms with van der Waals surface area (Å²) in [7, 11) is 2.14. The Kier molecular flexibility index (Phi) is 3.61. The van der Waals surface area contributed by atoms with Gasteiger partial charge in [-0.3, -0.25) is 4.79 Å². The van der Waals surface area contributed by atoms with Gasteiger partial charge < -0.3 is 9.32 Å². The first kappa shape index (κ1) is 14.3. The number of carbonyl (C=O) groups excluding carboxylic acids is 1. The SMILES string of the molecule is CCC(=O)N1N=C2[C@@H]([C@@H](C)N(C)C[C@H]2C)[C@@H]1c1ccco1. The van der Waals surface area contributed by atoms with Gasteiger partial charge in [-0.15, -0.1) is 0 Å². The largest absolute Gasteiger partial charge is 0.467 e. The lowest BCUT2D eigenvalue weighted by Gasteiger charge is -2.40. The summed E-state index contributed by atoms with van der Waals surface area (Å²) in [6.45, 7) is 7.26. The first-order chi connectivity index (χ1) is 10.0. The van der Waals surface area contributed by atoms with E-state index in [1.54, 1.807) is 11.3 Å². The standard InChI is InChI=1S/C16H23N3O2/c1-5-13(20)19-16(12-7-6-8-21-12)14-11(3)18(4)9-10(2)15(14)17-19/h6-8,10-11,14,16H,5,9H2,1-4H3/t10-,11-,14-,16+/m1/s1. The maximum atomic E-state index is 12.3. The number of amides is 1. The van der Waals surface area contributed by atoms with Gasteiger partial charge in [-0.25, -0.2) is 5.01 Å². The zero-order valence-electron chi connectivity index (χ0n) is 13.1. The van der Waals surface area contributed by atoms with E-state index in [9.17, 15) is 4.79 Å². The second-order valence-electron chi connectivity index (χ2n) is 6.18. The molecule has 1 aromatic heterocycles. The first-order valence-corrected chi connectivity index (χ1v) is 7.68. The average Bonchev–Trinajstić information content (AvgIpc) is 3.10. The molecule has 0 aliphatic carbocycles. The van der Waals surface area contributed by atoms with E-state index in [4.69, 9.17) is 9.52 Å². The quantitative estimate of drug-likeness (QED) is 0.840. The average molecular weight is 289 g/mol. The van der Waals surface area contributed by atoms with Crippen molar-refractivity contribution in [2.24, 2.45) is 16.9 Å². The molecule has 4 atom stereocenters. The second-order valence-corrected chi connectivity index (χ2v) is 6.18. The summed E-state index contributed by atoms with van der Waals surface area (Å²) in [5.74, 6) is 1.46. The van der Waals surface area contributed by atoms with E-state index in [2.05, 4.69) is 25.8 Å². The van der Waals surface area contributed by atoms with Crippen molar-refractivity contribution >= 4 is 11.6 Å². The Bertz CT molecular complexity index is 552. The predicted octanol–water partition coefficient (Wildman–Crippen LogP) is 2.52. The molecule has 5 heteroatoms. The number of carbonyl (C=O) groups is 1. The molecule has 0 spiro atoms. The Balaban J connectivity index is 2.04. The number of fused-ring (bicyclic) bond motifs is 1. The molecule has 21 heavy (non-hydrogen) atoms. The van der Waals surface area contributed by atoms with E-state index in [-0.39, 0.29) is 17.9 Å². The van der Waals surface area contributed by atoms with Crippen molar-refractivity contribution in [3.05, 3.63) is 24.2 Å². The number of nitrogens with zero attached hydrogens (tertiary/aromatic N) is 3. The molecular weight excluding hydrogens is 266 g/mol. The number of likely N-dealkylation sites (tertiary alicyclic amines) is 1. The highest BCUT2D eigenvalue weighted by atomic mass is 16.3. The molecule has 3 heterocycles. The van der Waals surface area contributed by atoms with Crippen LogP contribution in [-0.4, -0.2) is 41.2 Å². The van der Waals surface area contributed by atoms with Crippen molar-refractivity contribution < 1.29 is 9.21 Å². The van der Waals surface area contributed by atoms with Crippen molar-refractivity contribution in [3.8, 4) is 0 Å². The van der Waals surface area contributed by atoms with Crippen LogP contribution in [0.2, 0.25) is 0 Å². The molecule has 0 bridgehead atoms. The third-order valence-electron chi connectivity index (χ3n) is 4.84. The summed E-state index contributed by atoms with van der Waals surface area (Å²) < 4.78 is 5.62. The van der Waals surface area contributed by atoms with Crippen LogP contribution >= 0.6 is 0 Å². The molecule has 0 unspecified atom stereocenters. The number of hydrogen-bond donors (Lipinski definition) is 0. The Morgan fingerprint density at radius 3 is 2.86 bits per heavy atom. The van der Waals surface area contributed by atoms with Gasteiger partial charge in [-0.05, 0) is 26.1 Å². The van der Waals surface area contributed by atoms with Crippen molar-refractivity contribution in [1.82, 2.24) is 9.91 Å². The van der Waals surface area contributed by atoms with Crippen LogP contribution < -0.4 is 0 Å². The smallest absolute Gasteiger partial charge is 0.243 e. The van der Waals surface area contributed by atoms with E-state index in [0.717, 1.165) is 18.0 Å². The highest BCUT2D eigenvalue weighted by Crippen LogP contribution is 2.43. The molecule has 0 saturated carbocycles. The minimum atomic E-state index is -0.109. The second kappa shape index (κ2) is 5.30. The van der Waals surface area contributed by atoms with E-state index < -0.39 is 0 Å². The molecular formula is C16H23N3O2. The molecule has 0 N–H and O–H groups in total. The summed E-state index contributed by atoms with van der Waals surface area (Å²) >= 11 is 0. The third-order valence-corrected chi connectivity index (χ3v) is 4.84. The molecule has 2 aliphatic rings. The zero-order chi connectivity index (χ0) is 15.1. The number of rotatable bonds is 2. The van der Waals surface area contributed by atoms with Crippen molar-refractivity contribution in [2.75, 3.05) is 13.6 Å². The molecule has 1 amide bonds. The molecule has 0 aromatic carbocycles. The van der Waals surface area contributed by atoms with E-state index in [1.165, 1.54) is 0 Å². The molecule has 1 fully saturated rings. The Morgan fingerprint density at radius 2 is 2.24 bits per heavy atom.